The van der Waals surface area contributed by atoms with E-state index in [0.717, 1.165) is 5.56 Å². The predicted octanol–water partition coefficient (Wildman–Crippen LogP) is 3.72. The number of amides is 2. The number of nitrogens with two attached hydrogens (primary N) is 1. The van der Waals surface area contributed by atoms with Crippen molar-refractivity contribution in [1.82, 2.24) is 9.80 Å². The SMILES string of the molecule is CCC(C)(C)[C@@](C)(C(=O)N(C)[C@H](/C=C(\C)C(=O)O)C(C)C)N(C)C(=O)[C@@H](N)Cc1ccccc1. The number of hydrogen-bond acceptors (Lipinski definition) is 4. The largest absolute Gasteiger partial charge is 0.478 e. The Morgan fingerprint density at radius 2 is 1.62 bits per heavy atom. The summed E-state index contributed by atoms with van der Waals surface area (Å²) in [7, 11) is 3.31. The van der Waals surface area contributed by atoms with Gasteiger partial charge in [-0.05, 0) is 43.6 Å². The van der Waals surface area contributed by atoms with Crippen molar-refractivity contribution in [3.05, 3.63) is 47.5 Å². The molecule has 190 valence electrons. The maximum absolute atomic E-state index is 14.1. The van der Waals surface area contributed by atoms with Crippen LogP contribution in [0.1, 0.15) is 60.5 Å². The third kappa shape index (κ3) is 6.26. The van der Waals surface area contributed by atoms with Gasteiger partial charge in [0.2, 0.25) is 11.8 Å². The second-order valence-electron chi connectivity index (χ2n) is 10.3. The molecule has 0 bridgehead atoms. The van der Waals surface area contributed by atoms with Crippen LogP contribution < -0.4 is 5.73 Å². The van der Waals surface area contributed by atoms with E-state index in [9.17, 15) is 19.5 Å². The summed E-state index contributed by atoms with van der Waals surface area (Å²) in [4.78, 5) is 42.1. The fourth-order valence-electron chi connectivity index (χ4n) is 4.21. The number of carbonyl (C=O) groups is 3. The molecule has 1 rings (SSSR count). The van der Waals surface area contributed by atoms with E-state index < -0.39 is 29.0 Å². The van der Waals surface area contributed by atoms with Crippen LogP contribution in [0.2, 0.25) is 0 Å². The highest BCUT2D eigenvalue weighted by Gasteiger charge is 2.53. The Bertz CT molecular complexity index is 894. The molecule has 0 fully saturated rings. The molecule has 0 spiro atoms. The predicted molar refractivity (Wildman–Crippen MR) is 136 cm³/mol. The zero-order valence-electron chi connectivity index (χ0n) is 22.3. The molecule has 0 saturated carbocycles. The topological polar surface area (TPSA) is 104 Å². The van der Waals surface area contributed by atoms with Crippen LogP contribution in [-0.4, -0.2) is 64.4 Å². The number of carbonyl (C=O) groups excluding carboxylic acids is 2. The van der Waals surface area contributed by atoms with E-state index in [1.165, 1.54) is 11.8 Å². The average Bonchev–Trinajstić information content (AvgIpc) is 2.79. The molecule has 0 radical (unpaired) electrons. The van der Waals surface area contributed by atoms with Gasteiger partial charge < -0.3 is 20.6 Å². The van der Waals surface area contributed by atoms with Gasteiger partial charge >= 0.3 is 5.97 Å². The van der Waals surface area contributed by atoms with Gasteiger partial charge in [-0.3, -0.25) is 9.59 Å². The molecule has 7 heteroatoms. The first-order valence-corrected chi connectivity index (χ1v) is 11.9. The maximum atomic E-state index is 14.1. The van der Waals surface area contributed by atoms with E-state index in [4.69, 9.17) is 5.73 Å². The number of likely N-dealkylation sites (N-methyl/N-ethyl adjacent to an activating group) is 2. The number of carboxylic acids is 1. The Morgan fingerprint density at radius 1 is 1.09 bits per heavy atom. The molecule has 0 saturated heterocycles. The first-order chi connectivity index (χ1) is 15.6. The third-order valence-electron chi connectivity index (χ3n) is 7.44. The Labute approximate surface area is 205 Å². The smallest absolute Gasteiger partial charge is 0.331 e. The molecule has 1 aromatic rings. The van der Waals surface area contributed by atoms with Crippen LogP contribution in [0.4, 0.5) is 0 Å². The highest BCUT2D eigenvalue weighted by Crippen LogP contribution is 2.40. The van der Waals surface area contributed by atoms with Crippen molar-refractivity contribution in [3.63, 3.8) is 0 Å². The van der Waals surface area contributed by atoms with Gasteiger partial charge in [-0.25, -0.2) is 4.79 Å². The zero-order valence-corrected chi connectivity index (χ0v) is 22.3. The van der Waals surface area contributed by atoms with Crippen LogP contribution in [0.15, 0.2) is 42.0 Å². The van der Waals surface area contributed by atoms with Crippen LogP contribution >= 0.6 is 0 Å². The van der Waals surface area contributed by atoms with Gasteiger partial charge in [-0.1, -0.05) is 71.0 Å². The fraction of sp³-hybridized carbons (Fsp3) is 0.593. The normalized spacial score (nSPS) is 15.9. The third-order valence-corrected chi connectivity index (χ3v) is 7.44. The average molecular weight is 474 g/mol. The van der Waals surface area contributed by atoms with E-state index in [0.29, 0.717) is 12.8 Å². The zero-order chi connectivity index (χ0) is 26.4. The Kier molecular flexibility index (Phi) is 10.1. The van der Waals surface area contributed by atoms with E-state index in [2.05, 4.69) is 0 Å². The summed E-state index contributed by atoms with van der Waals surface area (Å²) in [5.74, 6) is -1.62. The molecule has 7 nitrogen and oxygen atoms in total. The minimum Gasteiger partial charge on any atom is -0.478 e. The quantitative estimate of drug-likeness (QED) is 0.477. The summed E-state index contributed by atoms with van der Waals surface area (Å²) in [5.41, 5.74) is 5.66. The lowest BCUT2D eigenvalue weighted by Crippen LogP contribution is -2.67. The van der Waals surface area contributed by atoms with Crippen molar-refractivity contribution in [2.45, 2.75) is 78.9 Å². The summed E-state index contributed by atoms with van der Waals surface area (Å²) in [6.07, 6.45) is 2.62. The maximum Gasteiger partial charge on any atom is 0.331 e. The van der Waals surface area contributed by atoms with Crippen LogP contribution in [0, 0.1) is 11.3 Å². The first-order valence-electron chi connectivity index (χ1n) is 11.9. The summed E-state index contributed by atoms with van der Waals surface area (Å²) >= 11 is 0. The van der Waals surface area contributed by atoms with Crippen molar-refractivity contribution >= 4 is 17.8 Å². The Balaban J connectivity index is 3.41. The van der Waals surface area contributed by atoms with Crippen LogP contribution in [0.25, 0.3) is 0 Å². The number of rotatable bonds is 11. The molecule has 0 aliphatic heterocycles. The minimum absolute atomic E-state index is 0.0291. The van der Waals surface area contributed by atoms with Crippen molar-refractivity contribution in [2.75, 3.05) is 14.1 Å². The van der Waals surface area contributed by atoms with Gasteiger partial charge in [0.25, 0.3) is 0 Å². The van der Waals surface area contributed by atoms with E-state index in [1.54, 1.807) is 32.0 Å². The summed E-state index contributed by atoms with van der Waals surface area (Å²) in [6, 6.07) is 8.31. The van der Waals surface area contributed by atoms with Gasteiger partial charge in [0, 0.05) is 19.7 Å². The van der Waals surface area contributed by atoms with Crippen molar-refractivity contribution in [2.24, 2.45) is 17.1 Å². The fourth-order valence-corrected chi connectivity index (χ4v) is 4.21. The second kappa shape index (κ2) is 11.6. The standard InChI is InChI=1S/C27H43N3O4/c1-10-26(5,6)27(7,25(34)29(8)22(18(2)3)16-19(4)24(32)33)30(9)23(31)21(28)17-20-14-12-11-13-15-20/h11-16,18,21-22H,10,17,28H2,1-9H3,(H,32,33)/b19-16+/t21-,22+,27+/m0/s1. The Morgan fingerprint density at radius 3 is 2.06 bits per heavy atom. The number of hydrogen-bond donors (Lipinski definition) is 2. The van der Waals surface area contributed by atoms with Gasteiger partial charge in [0.05, 0.1) is 12.1 Å². The van der Waals surface area contributed by atoms with Crippen LogP contribution in [0.3, 0.4) is 0 Å². The van der Waals surface area contributed by atoms with Crippen molar-refractivity contribution in [3.8, 4) is 0 Å². The van der Waals surface area contributed by atoms with Gasteiger partial charge in [0.15, 0.2) is 0 Å². The Hall–Kier alpha value is -2.67. The van der Waals surface area contributed by atoms with Crippen molar-refractivity contribution < 1.29 is 19.5 Å². The molecule has 1 aromatic carbocycles. The lowest BCUT2D eigenvalue weighted by Gasteiger charge is -2.51. The molecule has 0 aliphatic carbocycles. The van der Waals surface area contributed by atoms with Gasteiger partial charge in [-0.15, -0.1) is 0 Å². The second-order valence-corrected chi connectivity index (χ2v) is 10.3. The lowest BCUT2D eigenvalue weighted by atomic mass is 9.69. The number of nitrogens with zero attached hydrogens (tertiary/aromatic N) is 2. The number of aliphatic carboxylic acids is 1. The highest BCUT2D eigenvalue weighted by atomic mass is 16.4. The van der Waals surface area contributed by atoms with E-state index in [-0.39, 0.29) is 23.3 Å². The molecule has 3 atom stereocenters. The number of benzene rings is 1. The molecule has 34 heavy (non-hydrogen) atoms. The summed E-state index contributed by atoms with van der Waals surface area (Å²) in [6.45, 7) is 13.1. The van der Waals surface area contributed by atoms with E-state index in [1.807, 2.05) is 65.0 Å². The first kappa shape index (κ1) is 29.4. The minimum atomic E-state index is -1.21. The van der Waals surface area contributed by atoms with Crippen molar-refractivity contribution in [1.29, 1.82) is 0 Å². The van der Waals surface area contributed by atoms with Crippen LogP contribution in [-0.2, 0) is 20.8 Å². The lowest BCUT2D eigenvalue weighted by molar-refractivity contribution is -0.161. The summed E-state index contributed by atoms with van der Waals surface area (Å²) < 4.78 is 0. The molecule has 2 amide bonds. The monoisotopic (exact) mass is 473 g/mol. The molecule has 0 aromatic heterocycles. The highest BCUT2D eigenvalue weighted by molar-refractivity contribution is 5.94. The molecule has 0 heterocycles. The molecule has 0 aliphatic rings. The molecule has 0 unspecified atom stereocenters. The van der Waals surface area contributed by atoms with Crippen LogP contribution in [0.5, 0.6) is 0 Å². The van der Waals surface area contributed by atoms with E-state index >= 15 is 0 Å². The summed E-state index contributed by atoms with van der Waals surface area (Å²) in [5, 5.41) is 9.36. The van der Waals surface area contributed by atoms with Gasteiger partial charge in [0.1, 0.15) is 5.54 Å². The molecular weight excluding hydrogens is 430 g/mol. The molecular formula is C27H43N3O4. The molecule has 3 N–H and O–H groups in total. The van der Waals surface area contributed by atoms with Gasteiger partial charge in [-0.2, -0.15) is 0 Å². The number of carboxylic acid groups (broad SMARTS) is 1.